The van der Waals surface area contributed by atoms with E-state index in [0.717, 1.165) is 9.80 Å². The number of ether oxygens (including phenoxy) is 5. The van der Waals surface area contributed by atoms with Gasteiger partial charge in [-0.3, -0.25) is 19.2 Å². The van der Waals surface area contributed by atoms with Crippen LogP contribution in [0.25, 0.3) is 0 Å². The third-order valence-electron chi connectivity index (χ3n) is 7.55. The van der Waals surface area contributed by atoms with E-state index in [1.54, 1.807) is 69.2 Å². The number of rotatable bonds is 22. The molecule has 5 N–H and O–H groups in total. The van der Waals surface area contributed by atoms with Crippen molar-refractivity contribution in [1.29, 1.82) is 0 Å². The van der Waals surface area contributed by atoms with E-state index in [9.17, 15) is 48.3 Å². The lowest BCUT2D eigenvalue weighted by molar-refractivity contribution is -0.159. The van der Waals surface area contributed by atoms with Crippen LogP contribution in [-0.4, -0.2) is 151 Å². The zero-order chi connectivity index (χ0) is 45.8. The second kappa shape index (κ2) is 25.0. The molecule has 4 atom stereocenters. The molecule has 21 heteroatoms. The molecule has 0 bridgehead atoms. The minimum absolute atomic E-state index is 0.0898. The quantitative estimate of drug-likeness (QED) is 0.0590. The molecule has 59 heavy (non-hydrogen) atoms. The fourth-order valence-electron chi connectivity index (χ4n) is 4.78. The molecule has 0 aromatic carbocycles. The van der Waals surface area contributed by atoms with Crippen molar-refractivity contribution >= 4 is 53.9 Å². The molecule has 0 saturated heterocycles. The van der Waals surface area contributed by atoms with E-state index in [1.807, 2.05) is 0 Å². The van der Waals surface area contributed by atoms with Gasteiger partial charge in [-0.1, -0.05) is 40.3 Å². The van der Waals surface area contributed by atoms with Gasteiger partial charge in [0.15, 0.2) is 6.04 Å². The van der Waals surface area contributed by atoms with Gasteiger partial charge >= 0.3 is 36.2 Å². The maximum atomic E-state index is 14.1. The fraction of sp³-hybridized carbons (Fsp3) is 0.711. The number of carboxylic acid groups (broad SMARTS) is 1. The molecule has 6 amide bonds. The first-order valence-electron chi connectivity index (χ1n) is 18.9. The van der Waals surface area contributed by atoms with Crippen LogP contribution >= 0.6 is 0 Å². The van der Waals surface area contributed by atoms with E-state index in [1.165, 1.54) is 20.2 Å². The summed E-state index contributed by atoms with van der Waals surface area (Å²) in [5.41, 5.74) is -1.89. The van der Waals surface area contributed by atoms with Gasteiger partial charge in [0.05, 0.1) is 6.54 Å². The second-order valence-electron chi connectivity index (χ2n) is 16.3. The highest BCUT2D eigenvalue weighted by Gasteiger charge is 2.37. The zero-order valence-electron chi connectivity index (χ0n) is 36.3. The maximum Gasteiger partial charge on any atom is 0.408 e. The van der Waals surface area contributed by atoms with Gasteiger partial charge in [-0.05, 0) is 66.2 Å². The Balaban J connectivity index is 6.03. The van der Waals surface area contributed by atoms with Gasteiger partial charge in [0.1, 0.15) is 55.7 Å². The summed E-state index contributed by atoms with van der Waals surface area (Å²) in [6.07, 6.45) is -1.49. The Bertz CT molecular complexity index is 1490. The van der Waals surface area contributed by atoms with Crippen molar-refractivity contribution in [2.24, 2.45) is 11.8 Å². The van der Waals surface area contributed by atoms with E-state index in [4.69, 9.17) is 23.7 Å². The van der Waals surface area contributed by atoms with Gasteiger partial charge in [0, 0.05) is 14.1 Å². The summed E-state index contributed by atoms with van der Waals surface area (Å²) in [5, 5.41) is 18.5. The van der Waals surface area contributed by atoms with E-state index in [2.05, 4.69) is 27.8 Å². The minimum atomic E-state index is -1.66. The number of carbonyl (C=O) groups excluding carboxylic acids is 8. The average Bonchev–Trinajstić information content (AvgIpc) is 3.10. The second-order valence-corrected chi connectivity index (χ2v) is 16.3. The zero-order valence-corrected chi connectivity index (χ0v) is 36.3. The number of nitrogens with zero attached hydrogens (tertiary/aromatic N) is 2. The molecular weight excluding hydrogens is 780 g/mol. The maximum absolute atomic E-state index is 14.1. The molecule has 0 spiro atoms. The van der Waals surface area contributed by atoms with Gasteiger partial charge in [0.2, 0.25) is 17.7 Å². The number of hydrogen-bond donors (Lipinski definition) is 5. The largest absolute Gasteiger partial charge is 0.480 e. The van der Waals surface area contributed by atoms with E-state index in [0.29, 0.717) is 0 Å². The Morgan fingerprint density at radius 2 is 1.15 bits per heavy atom. The predicted molar refractivity (Wildman–Crippen MR) is 210 cm³/mol. The molecule has 0 aliphatic carbocycles. The number of alkyl carbamates (subject to hydrolysis) is 3. The molecule has 0 aromatic rings. The fourth-order valence-corrected chi connectivity index (χ4v) is 4.78. The standard InChI is InChI=1S/C38H64N6O15/c1-14-15-55-34(52)40-19-29(46)56-20-24(41-35(53)58-37(6,7)8)30(47)39-18-28(45)43(12)26(16-22(2)3)31(48)44(13)27(17-23(4)5)33(51)57-21-25(32(49)50)42-36(54)59-38(9,10)11/h14,22-27H,1,15-21H2,2-13H3,(H,39,47)(H,40,52)(H,41,53)(H,42,54)(H,49,50)/t24-,25-,26+,27+/m1/s1. The summed E-state index contributed by atoms with van der Waals surface area (Å²) in [6, 6.07) is -5.62. The number of carbonyl (C=O) groups is 9. The monoisotopic (exact) mass is 844 g/mol. The Morgan fingerprint density at radius 3 is 1.63 bits per heavy atom. The molecule has 0 unspecified atom stereocenters. The van der Waals surface area contributed by atoms with Crippen LogP contribution in [0, 0.1) is 11.8 Å². The van der Waals surface area contributed by atoms with Crippen molar-refractivity contribution in [1.82, 2.24) is 31.1 Å². The van der Waals surface area contributed by atoms with Crippen LogP contribution in [0.1, 0.15) is 82.1 Å². The van der Waals surface area contributed by atoms with Crippen LogP contribution in [0.15, 0.2) is 12.7 Å². The summed E-state index contributed by atoms with van der Waals surface area (Å²) in [4.78, 5) is 117. The van der Waals surface area contributed by atoms with Crippen LogP contribution in [0.5, 0.6) is 0 Å². The highest BCUT2D eigenvalue weighted by molar-refractivity contribution is 5.93. The van der Waals surface area contributed by atoms with Crippen LogP contribution in [-0.2, 0) is 52.5 Å². The number of likely N-dealkylation sites (N-methyl/N-ethyl adjacent to an activating group) is 2. The molecule has 0 rings (SSSR count). The Hall–Kier alpha value is -5.63. The first kappa shape index (κ1) is 53.4. The summed E-state index contributed by atoms with van der Waals surface area (Å²) < 4.78 is 25.4. The summed E-state index contributed by atoms with van der Waals surface area (Å²) in [6.45, 7) is 17.1. The van der Waals surface area contributed by atoms with Crippen molar-refractivity contribution in [3.63, 3.8) is 0 Å². The number of carboxylic acids is 1. The molecule has 0 saturated carbocycles. The lowest BCUT2D eigenvalue weighted by Crippen LogP contribution is -2.56. The van der Waals surface area contributed by atoms with Gasteiger partial charge in [-0.25, -0.2) is 24.0 Å². The topological polar surface area (TPSA) is 275 Å². The summed E-state index contributed by atoms with van der Waals surface area (Å²) >= 11 is 0. The normalized spacial score (nSPS) is 13.3. The van der Waals surface area contributed by atoms with Gasteiger partial charge in [0.25, 0.3) is 0 Å². The number of nitrogens with one attached hydrogen (secondary N) is 4. The first-order chi connectivity index (χ1) is 27.1. The van der Waals surface area contributed by atoms with E-state index in [-0.39, 0.29) is 31.3 Å². The van der Waals surface area contributed by atoms with Crippen molar-refractivity contribution in [3.05, 3.63) is 12.7 Å². The molecule has 0 aromatic heterocycles. The van der Waals surface area contributed by atoms with Crippen molar-refractivity contribution < 1.29 is 71.9 Å². The Kier molecular flexibility index (Phi) is 22.6. The van der Waals surface area contributed by atoms with Crippen molar-refractivity contribution in [2.45, 2.75) is 117 Å². The highest BCUT2D eigenvalue weighted by Crippen LogP contribution is 2.19. The van der Waals surface area contributed by atoms with Crippen LogP contribution in [0.4, 0.5) is 14.4 Å². The smallest absolute Gasteiger partial charge is 0.408 e. The molecule has 0 radical (unpaired) electrons. The van der Waals surface area contributed by atoms with Crippen molar-refractivity contribution in [2.75, 3.05) is 47.0 Å². The molecule has 0 heterocycles. The molecule has 0 aliphatic rings. The molecular formula is C38H64N6O15. The Morgan fingerprint density at radius 1 is 0.661 bits per heavy atom. The molecule has 336 valence electrons. The number of esters is 2. The third-order valence-corrected chi connectivity index (χ3v) is 7.55. The Labute approximate surface area is 345 Å². The van der Waals surface area contributed by atoms with E-state index < -0.39 is 116 Å². The summed E-state index contributed by atoms with van der Waals surface area (Å²) in [5.74, 6) is -6.13. The SMILES string of the molecule is C=CCOC(=O)NCC(=O)OC[C@@H](NC(=O)OC(C)(C)C)C(=O)NCC(=O)N(C)[C@@H](CC(C)C)C(=O)N(C)[C@@H](CC(C)C)C(=O)OC[C@@H](NC(=O)OC(C)(C)C)C(=O)O. The molecule has 0 aliphatic heterocycles. The highest BCUT2D eigenvalue weighted by atomic mass is 16.6. The first-order valence-corrected chi connectivity index (χ1v) is 18.9. The minimum Gasteiger partial charge on any atom is -0.480 e. The van der Waals surface area contributed by atoms with Gasteiger partial charge < -0.3 is 59.9 Å². The lowest BCUT2D eigenvalue weighted by atomic mass is 9.98. The molecule has 21 nitrogen and oxygen atoms in total. The molecule has 0 fully saturated rings. The van der Waals surface area contributed by atoms with E-state index >= 15 is 0 Å². The van der Waals surface area contributed by atoms with Crippen LogP contribution in [0.2, 0.25) is 0 Å². The number of amides is 6. The van der Waals surface area contributed by atoms with Gasteiger partial charge in [-0.2, -0.15) is 0 Å². The van der Waals surface area contributed by atoms with Crippen LogP contribution < -0.4 is 21.3 Å². The number of aliphatic carboxylic acids is 1. The third kappa shape index (κ3) is 22.8. The average molecular weight is 845 g/mol. The van der Waals surface area contributed by atoms with Gasteiger partial charge in [-0.15, -0.1) is 0 Å². The predicted octanol–water partition coefficient (Wildman–Crippen LogP) is 1.72. The van der Waals surface area contributed by atoms with Crippen molar-refractivity contribution in [3.8, 4) is 0 Å². The van der Waals surface area contributed by atoms with Crippen LogP contribution in [0.3, 0.4) is 0 Å². The lowest BCUT2D eigenvalue weighted by Gasteiger charge is -2.35. The number of hydrogen-bond acceptors (Lipinski definition) is 14. The summed E-state index contributed by atoms with van der Waals surface area (Å²) in [7, 11) is 2.67.